The first kappa shape index (κ1) is 21.0. The van der Waals surface area contributed by atoms with Crippen molar-refractivity contribution in [2.24, 2.45) is 0 Å². The second-order valence-corrected chi connectivity index (χ2v) is 8.01. The Bertz CT molecular complexity index is 888. The van der Waals surface area contributed by atoms with Crippen molar-refractivity contribution >= 4 is 22.6 Å². The van der Waals surface area contributed by atoms with Crippen LogP contribution in [0.15, 0.2) is 42.5 Å². The summed E-state index contributed by atoms with van der Waals surface area (Å²) >= 11 is 1.81. The Kier molecular flexibility index (Phi) is 6.27. The molecule has 4 rings (SSSR count). The maximum Gasteiger partial charge on any atom is 0.316 e. The zero-order valence-electron chi connectivity index (χ0n) is 16.3. The molecule has 2 aliphatic rings. The number of rotatable bonds is 4. The molecule has 0 saturated carbocycles. The van der Waals surface area contributed by atoms with Crippen molar-refractivity contribution in [3.63, 3.8) is 0 Å². The predicted molar refractivity (Wildman–Crippen MR) is 109 cm³/mol. The zero-order chi connectivity index (χ0) is 19.0. The van der Waals surface area contributed by atoms with Gasteiger partial charge in [-0.1, -0.05) is 17.7 Å². The van der Waals surface area contributed by atoms with Gasteiger partial charge in [-0.25, -0.2) is 9.48 Å². The zero-order valence-corrected chi connectivity index (χ0v) is 18.7. The van der Waals surface area contributed by atoms with E-state index in [4.69, 9.17) is 9.47 Å². The predicted octanol–water partition coefficient (Wildman–Crippen LogP) is 0.187. The van der Waals surface area contributed by atoms with Gasteiger partial charge in [-0.2, -0.15) is 0 Å². The number of ether oxygens (including phenoxy) is 2. The molecule has 0 saturated heterocycles. The Morgan fingerprint density at radius 3 is 2.46 bits per heavy atom. The minimum Gasteiger partial charge on any atom is -1.00 e. The van der Waals surface area contributed by atoms with Gasteiger partial charge >= 0.3 is 5.17 Å². The Labute approximate surface area is 180 Å². The number of nitrogens with zero attached hydrogens (tertiary/aromatic N) is 2. The summed E-state index contributed by atoms with van der Waals surface area (Å²) in [6.45, 7) is 3.39. The highest BCUT2D eigenvalue weighted by Crippen LogP contribution is 2.40. The molecule has 0 spiro atoms. The van der Waals surface area contributed by atoms with Gasteiger partial charge in [0.2, 0.25) is 0 Å². The fourth-order valence-corrected chi connectivity index (χ4v) is 4.94. The highest BCUT2D eigenvalue weighted by atomic mass is 79.9. The van der Waals surface area contributed by atoms with Gasteiger partial charge < -0.3 is 31.6 Å². The summed E-state index contributed by atoms with van der Waals surface area (Å²) in [5.74, 6) is 2.36. The Morgan fingerprint density at radius 2 is 1.79 bits per heavy atom. The van der Waals surface area contributed by atoms with Crippen LogP contribution in [0.4, 0.5) is 5.69 Å². The molecule has 2 aromatic rings. The minimum absolute atomic E-state index is 0. The lowest BCUT2D eigenvalue weighted by atomic mass is 10.0. The molecule has 150 valence electrons. The quantitative estimate of drug-likeness (QED) is 0.654. The van der Waals surface area contributed by atoms with Crippen molar-refractivity contribution in [1.29, 1.82) is 0 Å². The molecule has 1 N–H and O–H groups in total. The van der Waals surface area contributed by atoms with Crippen LogP contribution in [0.1, 0.15) is 17.5 Å². The normalized spacial score (nSPS) is 21.2. The minimum atomic E-state index is -1.10. The average Bonchev–Trinajstić information content (AvgIpc) is 3.02. The number of aryl methyl sites for hydroxylation is 1. The molecule has 0 aromatic heterocycles. The molecule has 0 amide bonds. The van der Waals surface area contributed by atoms with Crippen molar-refractivity contribution in [2.45, 2.75) is 19.1 Å². The van der Waals surface area contributed by atoms with E-state index in [1.54, 1.807) is 14.2 Å². The molecule has 0 aliphatic carbocycles. The molecular weight excluding hydrogens is 440 g/mol. The molecule has 1 atom stereocenters. The third kappa shape index (κ3) is 3.51. The molecule has 0 radical (unpaired) electrons. The van der Waals surface area contributed by atoms with Crippen LogP contribution in [-0.2, 0) is 5.72 Å². The standard InChI is InChI=1S/C21H25N2O3S.BrH/c1-15-5-8-17(9-6-15)22-14-21(24,23-11-4-12-27-20(22)23)16-7-10-18(25-2)19(13-16)26-3;/h5-10,13,24H,4,11-12,14H2,1-3H3;1H/q+1;/p-1. The summed E-state index contributed by atoms with van der Waals surface area (Å²) in [4.78, 5) is 2.22. The molecule has 2 aliphatic heterocycles. The Balaban J connectivity index is 0.00000225. The van der Waals surface area contributed by atoms with E-state index in [1.165, 1.54) is 5.56 Å². The smallest absolute Gasteiger partial charge is 0.316 e. The topological polar surface area (TPSA) is 44.9 Å². The molecular formula is C21H25BrN2O3S. The van der Waals surface area contributed by atoms with Crippen molar-refractivity contribution in [3.8, 4) is 11.5 Å². The van der Waals surface area contributed by atoms with Crippen molar-refractivity contribution in [3.05, 3.63) is 53.6 Å². The van der Waals surface area contributed by atoms with Crippen LogP contribution in [0.3, 0.4) is 0 Å². The molecule has 5 nitrogen and oxygen atoms in total. The lowest BCUT2D eigenvalue weighted by Crippen LogP contribution is -3.00. The van der Waals surface area contributed by atoms with Crippen molar-refractivity contribution in [1.82, 2.24) is 0 Å². The molecule has 0 bridgehead atoms. The number of anilines is 1. The highest BCUT2D eigenvalue weighted by Gasteiger charge is 2.53. The number of amidine groups is 1. The summed E-state index contributed by atoms with van der Waals surface area (Å²) in [7, 11) is 3.24. The lowest BCUT2D eigenvalue weighted by molar-refractivity contribution is -0.656. The van der Waals surface area contributed by atoms with Gasteiger partial charge in [-0.15, -0.1) is 0 Å². The van der Waals surface area contributed by atoms with E-state index in [0.29, 0.717) is 18.0 Å². The van der Waals surface area contributed by atoms with Gasteiger partial charge in [-0.05, 0) is 55.4 Å². The molecule has 28 heavy (non-hydrogen) atoms. The number of hydrogen-bond donors (Lipinski definition) is 1. The summed E-state index contributed by atoms with van der Waals surface area (Å²) in [5.41, 5.74) is 2.04. The van der Waals surface area contributed by atoms with Crippen LogP contribution in [-0.4, -0.2) is 47.9 Å². The third-order valence-corrected chi connectivity index (χ3v) is 6.43. The van der Waals surface area contributed by atoms with E-state index >= 15 is 0 Å². The molecule has 7 heteroatoms. The maximum absolute atomic E-state index is 11.8. The summed E-state index contributed by atoms with van der Waals surface area (Å²) in [6.07, 6.45) is 1.05. The largest absolute Gasteiger partial charge is 1.00 e. The van der Waals surface area contributed by atoms with Gasteiger partial charge in [-0.3, -0.25) is 0 Å². The lowest BCUT2D eigenvalue weighted by Gasteiger charge is -2.25. The monoisotopic (exact) mass is 464 g/mol. The number of β-amino-alcohol motifs (C(OH)–C–C–N with tert-alkyl or cyclic N) is 1. The Morgan fingerprint density at radius 1 is 1.07 bits per heavy atom. The Hall–Kier alpha value is -1.70. The number of aliphatic hydroxyl groups is 1. The second kappa shape index (κ2) is 8.35. The number of halogens is 1. The number of thioether (sulfide) groups is 1. The van der Waals surface area contributed by atoms with E-state index < -0.39 is 5.72 Å². The molecule has 1 unspecified atom stereocenters. The van der Waals surface area contributed by atoms with Gasteiger partial charge in [0.25, 0.3) is 5.72 Å². The van der Waals surface area contributed by atoms with E-state index in [2.05, 4.69) is 40.7 Å². The maximum atomic E-state index is 11.8. The number of benzene rings is 2. The van der Waals surface area contributed by atoms with E-state index in [-0.39, 0.29) is 17.0 Å². The highest BCUT2D eigenvalue weighted by molar-refractivity contribution is 8.13. The van der Waals surface area contributed by atoms with E-state index in [1.807, 2.05) is 30.0 Å². The summed E-state index contributed by atoms with van der Waals surface area (Å²) in [6, 6.07) is 14.1. The number of methoxy groups -OCH3 is 2. The second-order valence-electron chi connectivity index (χ2n) is 6.94. The van der Waals surface area contributed by atoms with Crippen LogP contribution in [0, 0.1) is 6.92 Å². The summed E-state index contributed by atoms with van der Waals surface area (Å²) < 4.78 is 12.9. The molecule has 2 aromatic carbocycles. The van der Waals surface area contributed by atoms with Crippen LogP contribution in [0.25, 0.3) is 0 Å². The van der Waals surface area contributed by atoms with Crippen molar-refractivity contribution in [2.75, 3.05) is 38.0 Å². The fraction of sp³-hybridized carbons (Fsp3) is 0.381. The van der Waals surface area contributed by atoms with Crippen LogP contribution >= 0.6 is 11.8 Å². The molecule has 2 heterocycles. The van der Waals surface area contributed by atoms with Crippen LogP contribution in [0.5, 0.6) is 11.5 Å². The SMILES string of the molecule is COc1ccc(C2(O)CN(c3ccc(C)cc3)C3=[N+]2CCCS3)cc1OC.[Br-]. The first-order valence-corrected chi connectivity index (χ1v) is 10.1. The average molecular weight is 465 g/mol. The first-order chi connectivity index (χ1) is 13.1. The fourth-order valence-electron chi connectivity index (χ4n) is 3.76. The summed E-state index contributed by atoms with van der Waals surface area (Å²) in [5, 5.41) is 12.9. The van der Waals surface area contributed by atoms with Crippen LogP contribution in [0.2, 0.25) is 0 Å². The molecule has 0 fully saturated rings. The van der Waals surface area contributed by atoms with E-state index in [9.17, 15) is 5.11 Å². The van der Waals surface area contributed by atoms with Gasteiger partial charge in [0.15, 0.2) is 18.0 Å². The van der Waals surface area contributed by atoms with Gasteiger partial charge in [0.05, 0.1) is 20.8 Å². The van der Waals surface area contributed by atoms with Crippen molar-refractivity contribution < 1.29 is 36.1 Å². The van der Waals surface area contributed by atoms with Gasteiger partial charge in [0, 0.05) is 11.3 Å². The first-order valence-electron chi connectivity index (χ1n) is 9.13. The number of hydrogen-bond acceptors (Lipinski definition) is 5. The third-order valence-electron chi connectivity index (χ3n) is 5.24. The van der Waals surface area contributed by atoms with Gasteiger partial charge in [0.1, 0.15) is 5.69 Å². The van der Waals surface area contributed by atoms with Crippen LogP contribution < -0.4 is 31.4 Å². The van der Waals surface area contributed by atoms with E-state index in [0.717, 1.165) is 35.1 Å².